The zero-order valence-corrected chi connectivity index (χ0v) is 12.2. The van der Waals surface area contributed by atoms with Crippen molar-refractivity contribution in [2.24, 2.45) is 11.7 Å². The average Bonchev–Trinajstić information content (AvgIpc) is 3.29. The number of para-hydroxylation sites is 1. The number of hydrogen-bond donors (Lipinski definition) is 3. The first kappa shape index (κ1) is 13.9. The van der Waals surface area contributed by atoms with Crippen LogP contribution in [0.4, 0.5) is 5.69 Å². The molecule has 0 radical (unpaired) electrons. The standard InChI is InChI=1S/C14H21N3O2S/c15-9-13(10-5-6-10)16-12-3-1-2-4-14(12)20(18,19)17-11-7-8-11/h1-4,10-11,13,16-17H,5-9,15H2. The first-order valence-corrected chi connectivity index (χ1v) is 8.66. The molecule has 2 saturated carbocycles. The van der Waals surface area contributed by atoms with E-state index in [-0.39, 0.29) is 12.1 Å². The number of hydrogen-bond acceptors (Lipinski definition) is 4. The van der Waals surface area contributed by atoms with Gasteiger partial charge < -0.3 is 11.1 Å². The van der Waals surface area contributed by atoms with Gasteiger partial charge in [-0.2, -0.15) is 0 Å². The summed E-state index contributed by atoms with van der Waals surface area (Å²) in [7, 11) is -3.44. The predicted molar refractivity (Wildman–Crippen MR) is 79.0 cm³/mol. The molecule has 0 amide bonds. The van der Waals surface area contributed by atoms with Gasteiger partial charge in [0.15, 0.2) is 0 Å². The Kier molecular flexibility index (Phi) is 3.70. The highest BCUT2D eigenvalue weighted by Gasteiger charge is 2.32. The quantitative estimate of drug-likeness (QED) is 0.707. The van der Waals surface area contributed by atoms with Crippen molar-refractivity contribution in [1.82, 2.24) is 4.72 Å². The maximum atomic E-state index is 12.4. The van der Waals surface area contributed by atoms with E-state index in [1.54, 1.807) is 12.1 Å². The summed E-state index contributed by atoms with van der Waals surface area (Å²) in [5.74, 6) is 0.576. The number of nitrogens with one attached hydrogen (secondary N) is 2. The number of rotatable bonds is 7. The molecular formula is C14H21N3O2S. The van der Waals surface area contributed by atoms with E-state index in [0.29, 0.717) is 23.0 Å². The maximum absolute atomic E-state index is 12.4. The largest absolute Gasteiger partial charge is 0.380 e. The van der Waals surface area contributed by atoms with Gasteiger partial charge >= 0.3 is 0 Å². The summed E-state index contributed by atoms with van der Waals surface area (Å²) in [5, 5.41) is 3.31. The van der Waals surface area contributed by atoms with Crippen molar-refractivity contribution in [1.29, 1.82) is 0 Å². The van der Waals surface area contributed by atoms with E-state index < -0.39 is 10.0 Å². The van der Waals surface area contributed by atoms with Gasteiger partial charge in [0.1, 0.15) is 4.90 Å². The molecule has 2 aliphatic rings. The van der Waals surface area contributed by atoms with Crippen molar-refractivity contribution in [3.8, 4) is 0 Å². The molecule has 0 bridgehead atoms. The van der Waals surface area contributed by atoms with E-state index in [2.05, 4.69) is 10.0 Å². The third-order valence-corrected chi connectivity index (χ3v) is 5.44. The molecule has 0 saturated heterocycles. The molecule has 110 valence electrons. The van der Waals surface area contributed by atoms with E-state index >= 15 is 0 Å². The van der Waals surface area contributed by atoms with Crippen molar-refractivity contribution >= 4 is 15.7 Å². The summed E-state index contributed by atoms with van der Waals surface area (Å²) < 4.78 is 27.5. The van der Waals surface area contributed by atoms with Crippen LogP contribution in [0.5, 0.6) is 0 Å². The monoisotopic (exact) mass is 295 g/mol. The molecule has 0 heterocycles. The van der Waals surface area contributed by atoms with Crippen LogP contribution in [0.25, 0.3) is 0 Å². The Hall–Kier alpha value is -1.11. The third-order valence-electron chi connectivity index (χ3n) is 3.86. The van der Waals surface area contributed by atoms with Crippen LogP contribution in [0.3, 0.4) is 0 Å². The van der Waals surface area contributed by atoms with Crippen molar-refractivity contribution < 1.29 is 8.42 Å². The van der Waals surface area contributed by atoms with Crippen LogP contribution in [-0.4, -0.2) is 27.0 Å². The van der Waals surface area contributed by atoms with Gasteiger partial charge in [0.25, 0.3) is 0 Å². The van der Waals surface area contributed by atoms with Crippen molar-refractivity contribution in [2.45, 2.75) is 42.7 Å². The van der Waals surface area contributed by atoms with E-state index in [4.69, 9.17) is 5.73 Å². The minimum absolute atomic E-state index is 0.113. The highest BCUT2D eigenvalue weighted by molar-refractivity contribution is 7.89. The normalized spacial score (nSPS) is 20.6. The highest BCUT2D eigenvalue weighted by atomic mass is 32.2. The highest BCUT2D eigenvalue weighted by Crippen LogP contribution is 2.35. The Morgan fingerprint density at radius 3 is 2.50 bits per heavy atom. The second kappa shape index (κ2) is 5.35. The molecule has 2 aliphatic carbocycles. The van der Waals surface area contributed by atoms with Crippen LogP contribution in [0.15, 0.2) is 29.2 Å². The molecular weight excluding hydrogens is 274 g/mol. The van der Waals surface area contributed by atoms with Crippen LogP contribution in [0, 0.1) is 5.92 Å². The first-order chi connectivity index (χ1) is 9.60. The van der Waals surface area contributed by atoms with Gasteiger partial charge in [0, 0.05) is 18.6 Å². The maximum Gasteiger partial charge on any atom is 0.242 e. The second-order valence-electron chi connectivity index (χ2n) is 5.72. The lowest BCUT2D eigenvalue weighted by Gasteiger charge is -2.20. The Bertz CT molecular complexity index is 580. The smallest absolute Gasteiger partial charge is 0.242 e. The van der Waals surface area contributed by atoms with Gasteiger partial charge in [-0.15, -0.1) is 0 Å². The Morgan fingerprint density at radius 1 is 1.20 bits per heavy atom. The Balaban J connectivity index is 1.83. The summed E-state index contributed by atoms with van der Waals surface area (Å²) in [5.41, 5.74) is 6.44. The molecule has 3 rings (SSSR count). The lowest BCUT2D eigenvalue weighted by atomic mass is 10.1. The van der Waals surface area contributed by atoms with Crippen LogP contribution < -0.4 is 15.8 Å². The topological polar surface area (TPSA) is 84.2 Å². The van der Waals surface area contributed by atoms with Crippen molar-refractivity contribution in [3.05, 3.63) is 24.3 Å². The number of benzene rings is 1. The first-order valence-electron chi connectivity index (χ1n) is 7.18. The molecule has 0 aromatic heterocycles. The average molecular weight is 295 g/mol. The van der Waals surface area contributed by atoms with Gasteiger partial charge in [-0.3, -0.25) is 0 Å². The lowest BCUT2D eigenvalue weighted by Crippen LogP contribution is -2.32. The molecule has 4 N–H and O–H groups in total. The summed E-state index contributed by atoms with van der Waals surface area (Å²) in [6, 6.07) is 7.33. The van der Waals surface area contributed by atoms with Gasteiger partial charge in [-0.25, -0.2) is 13.1 Å². The molecule has 1 atom stereocenters. The molecule has 6 heteroatoms. The van der Waals surface area contributed by atoms with Gasteiger partial charge in [0.05, 0.1) is 5.69 Å². The predicted octanol–water partition coefficient (Wildman–Crippen LogP) is 1.28. The fraction of sp³-hybridized carbons (Fsp3) is 0.571. The summed E-state index contributed by atoms with van der Waals surface area (Å²) in [6.45, 7) is 0.523. The molecule has 2 fully saturated rings. The van der Waals surface area contributed by atoms with Gasteiger partial charge in [-0.05, 0) is 43.7 Å². The molecule has 1 aromatic carbocycles. The molecule has 20 heavy (non-hydrogen) atoms. The zero-order valence-electron chi connectivity index (χ0n) is 11.4. The summed E-state index contributed by atoms with van der Waals surface area (Å²) in [6.07, 6.45) is 4.21. The fourth-order valence-corrected chi connectivity index (χ4v) is 3.85. The SMILES string of the molecule is NCC(Nc1ccccc1S(=O)(=O)NC1CC1)C1CC1. The van der Waals surface area contributed by atoms with E-state index in [1.165, 1.54) is 12.8 Å². The summed E-state index contributed by atoms with van der Waals surface area (Å²) >= 11 is 0. The molecule has 0 aliphatic heterocycles. The van der Waals surface area contributed by atoms with Crippen LogP contribution in [0.1, 0.15) is 25.7 Å². The van der Waals surface area contributed by atoms with Gasteiger partial charge in [0.2, 0.25) is 10.0 Å². The Labute approximate surface area is 120 Å². The van der Waals surface area contributed by atoms with E-state index in [1.807, 2.05) is 12.1 Å². The lowest BCUT2D eigenvalue weighted by molar-refractivity contribution is 0.580. The van der Waals surface area contributed by atoms with E-state index in [0.717, 1.165) is 12.8 Å². The summed E-state index contributed by atoms with van der Waals surface area (Å²) in [4.78, 5) is 0.325. The molecule has 5 nitrogen and oxygen atoms in total. The fourth-order valence-electron chi connectivity index (χ4n) is 2.37. The van der Waals surface area contributed by atoms with Crippen molar-refractivity contribution in [2.75, 3.05) is 11.9 Å². The molecule has 0 spiro atoms. The van der Waals surface area contributed by atoms with Crippen LogP contribution in [0.2, 0.25) is 0 Å². The Morgan fingerprint density at radius 2 is 1.90 bits per heavy atom. The molecule has 1 unspecified atom stereocenters. The van der Waals surface area contributed by atoms with Gasteiger partial charge in [-0.1, -0.05) is 12.1 Å². The number of sulfonamides is 1. The minimum Gasteiger partial charge on any atom is -0.380 e. The molecule has 1 aromatic rings. The van der Waals surface area contributed by atoms with Crippen LogP contribution in [-0.2, 0) is 10.0 Å². The third kappa shape index (κ3) is 3.13. The second-order valence-corrected chi connectivity index (χ2v) is 7.40. The minimum atomic E-state index is -3.44. The number of nitrogens with two attached hydrogens (primary N) is 1. The van der Waals surface area contributed by atoms with Crippen LogP contribution >= 0.6 is 0 Å². The number of anilines is 1. The zero-order chi connectivity index (χ0) is 14.2. The van der Waals surface area contributed by atoms with E-state index in [9.17, 15) is 8.42 Å². The van der Waals surface area contributed by atoms with Crippen molar-refractivity contribution in [3.63, 3.8) is 0 Å².